The molecule has 60 valence electrons. The van der Waals surface area contributed by atoms with Crippen LogP contribution in [0.4, 0.5) is 5.69 Å². The number of pyridine rings is 1. The first kappa shape index (κ1) is 8.01. The predicted molar refractivity (Wildman–Crippen MR) is 40.3 cm³/mol. The average Bonchev–Trinajstić information content (AvgIpc) is 2.04. The molecule has 1 aromatic heterocycles. The Bertz CT molecular complexity index is 367. The largest absolute Gasteiger partial charge is 0.476 e. The molecule has 0 fully saturated rings. The van der Waals surface area contributed by atoms with E-state index in [1.807, 2.05) is 0 Å². The highest BCUT2D eigenvalue weighted by atomic mass is 16.4. The minimum Gasteiger partial charge on any atom is -0.476 e. The van der Waals surface area contributed by atoms with Gasteiger partial charge in [-0.05, 0) is 6.07 Å². The summed E-state index contributed by atoms with van der Waals surface area (Å²) in [4.78, 5) is 13.9. The van der Waals surface area contributed by atoms with Crippen LogP contribution < -0.4 is 5.73 Å². The molecule has 0 aliphatic rings. The van der Waals surface area contributed by atoms with E-state index >= 15 is 0 Å². The Labute approximate surface area is 68.1 Å². The standard InChI is InChI=1S/C7H5N3O2/c8-3-4-1-2-10-6(5(4)9)7(11)12/h1-2H,9H2,(H,11,12). The molecular formula is C7H5N3O2. The van der Waals surface area contributed by atoms with Crippen LogP contribution in [0.5, 0.6) is 0 Å². The Hall–Kier alpha value is -2.09. The van der Waals surface area contributed by atoms with Crippen molar-refractivity contribution in [2.45, 2.75) is 0 Å². The zero-order valence-corrected chi connectivity index (χ0v) is 5.98. The molecule has 5 heteroatoms. The van der Waals surface area contributed by atoms with Crippen LogP contribution in [-0.4, -0.2) is 16.1 Å². The molecule has 0 radical (unpaired) electrons. The topological polar surface area (TPSA) is 100 Å². The maximum absolute atomic E-state index is 10.4. The lowest BCUT2D eigenvalue weighted by atomic mass is 10.2. The fourth-order valence-electron chi connectivity index (χ4n) is 0.741. The van der Waals surface area contributed by atoms with Crippen molar-refractivity contribution < 1.29 is 9.90 Å². The van der Waals surface area contributed by atoms with Gasteiger partial charge in [-0.1, -0.05) is 0 Å². The van der Waals surface area contributed by atoms with E-state index in [0.717, 1.165) is 0 Å². The fourth-order valence-corrected chi connectivity index (χ4v) is 0.741. The predicted octanol–water partition coefficient (Wildman–Crippen LogP) is 0.234. The smallest absolute Gasteiger partial charge is 0.356 e. The normalized spacial score (nSPS) is 8.92. The van der Waals surface area contributed by atoms with Crippen molar-refractivity contribution in [2.75, 3.05) is 5.73 Å². The highest BCUT2D eigenvalue weighted by Crippen LogP contribution is 2.13. The molecule has 0 bridgehead atoms. The summed E-state index contributed by atoms with van der Waals surface area (Å²) >= 11 is 0. The molecule has 12 heavy (non-hydrogen) atoms. The number of anilines is 1. The van der Waals surface area contributed by atoms with Crippen LogP contribution in [0, 0.1) is 11.3 Å². The summed E-state index contributed by atoms with van der Waals surface area (Å²) in [5, 5.41) is 17.0. The number of carbonyl (C=O) groups is 1. The van der Waals surface area contributed by atoms with Crippen molar-refractivity contribution in [3.05, 3.63) is 23.5 Å². The molecule has 1 heterocycles. The Morgan fingerprint density at radius 3 is 2.92 bits per heavy atom. The highest BCUT2D eigenvalue weighted by molar-refractivity contribution is 5.92. The van der Waals surface area contributed by atoms with Crippen LogP contribution in [-0.2, 0) is 0 Å². The van der Waals surface area contributed by atoms with Crippen LogP contribution in [0.25, 0.3) is 0 Å². The van der Waals surface area contributed by atoms with Crippen LogP contribution in [0.1, 0.15) is 16.1 Å². The van der Waals surface area contributed by atoms with Gasteiger partial charge >= 0.3 is 5.97 Å². The minimum absolute atomic E-state index is 0.0903. The van der Waals surface area contributed by atoms with Gasteiger partial charge in [-0.2, -0.15) is 5.26 Å². The van der Waals surface area contributed by atoms with Gasteiger partial charge in [0.2, 0.25) is 0 Å². The van der Waals surface area contributed by atoms with Gasteiger partial charge in [0, 0.05) is 6.20 Å². The van der Waals surface area contributed by atoms with Gasteiger partial charge in [-0.25, -0.2) is 9.78 Å². The second kappa shape index (κ2) is 2.88. The number of aromatic carboxylic acids is 1. The summed E-state index contributed by atoms with van der Waals surface area (Å²) in [6.07, 6.45) is 1.23. The van der Waals surface area contributed by atoms with Crippen molar-refractivity contribution in [3.63, 3.8) is 0 Å². The number of nitrogens with two attached hydrogens (primary N) is 1. The molecule has 1 rings (SSSR count). The molecule has 1 aromatic rings. The SMILES string of the molecule is N#Cc1ccnc(C(=O)O)c1N. The van der Waals surface area contributed by atoms with Gasteiger partial charge in [0.1, 0.15) is 6.07 Å². The molecule has 0 unspecified atom stereocenters. The van der Waals surface area contributed by atoms with E-state index in [2.05, 4.69) is 4.98 Å². The number of rotatable bonds is 1. The van der Waals surface area contributed by atoms with Crippen molar-refractivity contribution in [3.8, 4) is 6.07 Å². The quantitative estimate of drug-likeness (QED) is 0.617. The molecule has 0 saturated carbocycles. The maximum Gasteiger partial charge on any atom is 0.356 e. The molecular weight excluding hydrogens is 158 g/mol. The lowest BCUT2D eigenvalue weighted by molar-refractivity contribution is 0.0692. The molecule has 5 nitrogen and oxygen atoms in total. The molecule has 0 aromatic carbocycles. The molecule has 0 amide bonds. The summed E-state index contributed by atoms with van der Waals surface area (Å²) in [5.74, 6) is -1.23. The van der Waals surface area contributed by atoms with Crippen molar-refractivity contribution >= 4 is 11.7 Å². The summed E-state index contributed by atoms with van der Waals surface area (Å²) in [5.41, 5.74) is 5.08. The number of aromatic nitrogens is 1. The van der Waals surface area contributed by atoms with Gasteiger partial charge in [0.05, 0.1) is 11.3 Å². The third kappa shape index (κ3) is 1.18. The number of carboxylic acids is 1. The van der Waals surface area contributed by atoms with Crippen LogP contribution in [0.3, 0.4) is 0 Å². The van der Waals surface area contributed by atoms with Gasteiger partial charge in [-0.3, -0.25) is 0 Å². The van der Waals surface area contributed by atoms with E-state index in [0.29, 0.717) is 0 Å². The maximum atomic E-state index is 10.4. The zero-order chi connectivity index (χ0) is 9.14. The van der Waals surface area contributed by atoms with E-state index in [-0.39, 0.29) is 16.9 Å². The van der Waals surface area contributed by atoms with E-state index in [4.69, 9.17) is 16.1 Å². The molecule has 0 aliphatic carbocycles. The second-order valence-electron chi connectivity index (χ2n) is 2.04. The Morgan fingerprint density at radius 1 is 1.75 bits per heavy atom. The molecule has 0 spiro atoms. The second-order valence-corrected chi connectivity index (χ2v) is 2.04. The Balaban J connectivity index is 3.35. The monoisotopic (exact) mass is 163 g/mol. The number of hydrogen-bond donors (Lipinski definition) is 2. The van der Waals surface area contributed by atoms with Crippen LogP contribution >= 0.6 is 0 Å². The highest BCUT2D eigenvalue weighted by Gasteiger charge is 2.11. The lowest BCUT2D eigenvalue weighted by Crippen LogP contribution is -2.06. The van der Waals surface area contributed by atoms with Crippen LogP contribution in [0.15, 0.2) is 12.3 Å². The van der Waals surface area contributed by atoms with Gasteiger partial charge in [0.15, 0.2) is 5.69 Å². The zero-order valence-electron chi connectivity index (χ0n) is 5.98. The van der Waals surface area contributed by atoms with E-state index < -0.39 is 5.97 Å². The van der Waals surface area contributed by atoms with Crippen molar-refractivity contribution in [1.29, 1.82) is 5.26 Å². The number of nitrogen functional groups attached to an aromatic ring is 1. The van der Waals surface area contributed by atoms with E-state index in [9.17, 15) is 4.79 Å². The third-order valence-corrected chi connectivity index (χ3v) is 1.31. The van der Waals surface area contributed by atoms with E-state index in [1.165, 1.54) is 12.3 Å². The van der Waals surface area contributed by atoms with Gasteiger partial charge in [0.25, 0.3) is 0 Å². The molecule has 0 saturated heterocycles. The Kier molecular flexibility index (Phi) is 1.92. The van der Waals surface area contributed by atoms with Gasteiger partial charge < -0.3 is 10.8 Å². The molecule has 0 aliphatic heterocycles. The van der Waals surface area contributed by atoms with Gasteiger partial charge in [-0.15, -0.1) is 0 Å². The number of nitrogens with zero attached hydrogens (tertiary/aromatic N) is 2. The average molecular weight is 163 g/mol. The summed E-state index contributed by atoms with van der Waals surface area (Å²) in [6.45, 7) is 0. The number of nitriles is 1. The summed E-state index contributed by atoms with van der Waals surface area (Å²) in [6, 6.07) is 3.13. The number of carboxylic acid groups (broad SMARTS) is 1. The Morgan fingerprint density at radius 2 is 2.42 bits per heavy atom. The molecule has 0 atom stereocenters. The fraction of sp³-hybridized carbons (Fsp3) is 0. The van der Waals surface area contributed by atoms with Crippen molar-refractivity contribution in [2.24, 2.45) is 0 Å². The third-order valence-electron chi connectivity index (χ3n) is 1.31. The van der Waals surface area contributed by atoms with Crippen LogP contribution in [0.2, 0.25) is 0 Å². The summed E-state index contributed by atoms with van der Waals surface area (Å²) in [7, 11) is 0. The number of hydrogen-bond acceptors (Lipinski definition) is 4. The minimum atomic E-state index is -1.23. The summed E-state index contributed by atoms with van der Waals surface area (Å²) < 4.78 is 0. The first-order valence-corrected chi connectivity index (χ1v) is 3.04. The van der Waals surface area contributed by atoms with E-state index in [1.54, 1.807) is 6.07 Å². The first-order chi connectivity index (χ1) is 5.66. The molecule has 3 N–H and O–H groups in total. The first-order valence-electron chi connectivity index (χ1n) is 3.04. The van der Waals surface area contributed by atoms with Crippen molar-refractivity contribution in [1.82, 2.24) is 4.98 Å². The lowest BCUT2D eigenvalue weighted by Gasteiger charge is -1.99.